The molecule has 3 aromatic carbocycles. The van der Waals surface area contributed by atoms with Gasteiger partial charge in [-0.2, -0.15) is 0 Å². The molecule has 4 aromatic rings. The molecule has 0 unspecified atom stereocenters. The zero-order valence-electron chi connectivity index (χ0n) is 22.9. The van der Waals surface area contributed by atoms with E-state index in [0.717, 1.165) is 11.1 Å². The minimum absolute atomic E-state index is 0.0807. The van der Waals surface area contributed by atoms with Crippen LogP contribution >= 0.6 is 0 Å². The van der Waals surface area contributed by atoms with Crippen LogP contribution in [-0.4, -0.2) is 25.5 Å². The molecule has 1 N–H and O–H groups in total. The largest absolute Gasteiger partial charge is 0.493 e. The number of aryl methyl sites for hydroxylation is 1. The average molecular weight is 542 g/mol. The Morgan fingerprint density at radius 3 is 2.55 bits per heavy atom. The Balaban J connectivity index is 1.41. The van der Waals surface area contributed by atoms with Crippen molar-refractivity contribution >= 4 is 28.9 Å². The van der Waals surface area contributed by atoms with E-state index in [1.54, 1.807) is 43.5 Å². The monoisotopic (exact) mass is 541 g/mol. The van der Waals surface area contributed by atoms with Gasteiger partial charge in [0.1, 0.15) is 23.5 Å². The first kappa shape index (κ1) is 28.2. The van der Waals surface area contributed by atoms with E-state index in [1.807, 2.05) is 45.0 Å². The molecule has 0 aliphatic heterocycles. The SMILES string of the molecule is COc1cc(/C=C/C(=O)Oc2ccc3cc(C(=O)NCC(C)C)c(=O)oc3c2)ccc1OCc1ccccc1C. The molecular weight excluding hydrogens is 510 g/mol. The molecule has 0 saturated heterocycles. The van der Waals surface area contributed by atoms with Crippen LogP contribution in [0.3, 0.4) is 0 Å². The van der Waals surface area contributed by atoms with Crippen LogP contribution in [0.4, 0.5) is 0 Å². The highest BCUT2D eigenvalue weighted by Crippen LogP contribution is 2.30. The second-order valence-electron chi connectivity index (χ2n) is 9.63. The van der Waals surface area contributed by atoms with Crippen LogP contribution in [0, 0.1) is 12.8 Å². The number of ether oxygens (including phenoxy) is 3. The first-order valence-electron chi connectivity index (χ1n) is 12.8. The molecule has 1 aromatic heterocycles. The van der Waals surface area contributed by atoms with Crippen molar-refractivity contribution in [3.05, 3.63) is 105 Å². The summed E-state index contributed by atoms with van der Waals surface area (Å²) in [4.78, 5) is 37.1. The van der Waals surface area contributed by atoms with Crippen LogP contribution in [-0.2, 0) is 11.4 Å². The highest BCUT2D eigenvalue weighted by molar-refractivity contribution is 5.97. The second kappa shape index (κ2) is 12.8. The lowest BCUT2D eigenvalue weighted by Gasteiger charge is -2.12. The summed E-state index contributed by atoms with van der Waals surface area (Å²) >= 11 is 0. The predicted molar refractivity (Wildman–Crippen MR) is 153 cm³/mol. The lowest BCUT2D eigenvalue weighted by molar-refractivity contribution is -0.128. The van der Waals surface area contributed by atoms with Crippen LogP contribution in [0.5, 0.6) is 17.2 Å². The molecule has 8 nitrogen and oxygen atoms in total. The summed E-state index contributed by atoms with van der Waals surface area (Å²) in [5.74, 6) is 0.444. The molecule has 1 amide bonds. The van der Waals surface area contributed by atoms with Gasteiger partial charge in [-0.15, -0.1) is 0 Å². The Labute approximate surface area is 232 Å². The van der Waals surface area contributed by atoms with E-state index >= 15 is 0 Å². The molecule has 0 spiro atoms. The number of amides is 1. The number of fused-ring (bicyclic) bond motifs is 1. The molecule has 0 bridgehead atoms. The summed E-state index contributed by atoms with van der Waals surface area (Å²) in [7, 11) is 1.55. The van der Waals surface area contributed by atoms with Crippen LogP contribution in [0.2, 0.25) is 0 Å². The highest BCUT2D eigenvalue weighted by atomic mass is 16.5. The third-order valence-electron chi connectivity index (χ3n) is 6.09. The van der Waals surface area contributed by atoms with Gasteiger partial charge in [-0.3, -0.25) is 4.79 Å². The topological polar surface area (TPSA) is 104 Å². The van der Waals surface area contributed by atoms with Crippen molar-refractivity contribution in [1.29, 1.82) is 0 Å². The smallest absolute Gasteiger partial charge is 0.349 e. The van der Waals surface area contributed by atoms with Crippen LogP contribution in [0.25, 0.3) is 17.0 Å². The Morgan fingerprint density at radius 2 is 1.80 bits per heavy atom. The number of nitrogens with one attached hydrogen (secondary N) is 1. The van der Waals surface area contributed by atoms with Crippen molar-refractivity contribution in [2.45, 2.75) is 27.4 Å². The predicted octanol–water partition coefficient (Wildman–Crippen LogP) is 5.69. The van der Waals surface area contributed by atoms with Crippen LogP contribution in [0.1, 0.15) is 40.9 Å². The molecule has 8 heteroatoms. The zero-order chi connectivity index (χ0) is 28.6. The molecule has 0 radical (unpaired) electrons. The van der Waals surface area contributed by atoms with E-state index in [2.05, 4.69) is 5.32 Å². The first-order chi connectivity index (χ1) is 19.2. The maximum Gasteiger partial charge on any atom is 0.349 e. The zero-order valence-corrected chi connectivity index (χ0v) is 22.9. The van der Waals surface area contributed by atoms with Crippen LogP contribution < -0.4 is 25.2 Å². The molecular formula is C32H31NO7. The van der Waals surface area contributed by atoms with Gasteiger partial charge in [0.2, 0.25) is 0 Å². The summed E-state index contributed by atoms with van der Waals surface area (Å²) in [6, 6.07) is 19.4. The molecule has 206 valence electrons. The first-order valence-corrected chi connectivity index (χ1v) is 12.8. The fraction of sp³-hybridized carbons (Fsp3) is 0.219. The minimum Gasteiger partial charge on any atom is -0.493 e. The second-order valence-corrected chi connectivity index (χ2v) is 9.63. The van der Waals surface area contributed by atoms with Gasteiger partial charge in [-0.05, 0) is 65.9 Å². The normalized spacial score (nSPS) is 11.1. The van der Waals surface area contributed by atoms with Gasteiger partial charge in [0.15, 0.2) is 11.5 Å². The van der Waals surface area contributed by atoms with Gasteiger partial charge in [0, 0.05) is 24.1 Å². The summed E-state index contributed by atoms with van der Waals surface area (Å²) in [5, 5.41) is 3.23. The Hall–Kier alpha value is -4.85. The molecule has 0 saturated carbocycles. The maximum absolute atomic E-state index is 12.5. The van der Waals surface area contributed by atoms with Crippen molar-refractivity contribution in [3.63, 3.8) is 0 Å². The van der Waals surface area contributed by atoms with E-state index < -0.39 is 17.5 Å². The van der Waals surface area contributed by atoms with E-state index in [4.69, 9.17) is 18.6 Å². The fourth-order valence-corrected chi connectivity index (χ4v) is 3.85. The van der Waals surface area contributed by atoms with Gasteiger partial charge in [-0.25, -0.2) is 9.59 Å². The molecule has 0 fully saturated rings. The summed E-state index contributed by atoms with van der Waals surface area (Å²) in [6.45, 7) is 6.79. The van der Waals surface area contributed by atoms with Gasteiger partial charge < -0.3 is 23.9 Å². The lowest BCUT2D eigenvalue weighted by Crippen LogP contribution is -2.31. The summed E-state index contributed by atoms with van der Waals surface area (Å²) in [6.07, 6.45) is 2.88. The summed E-state index contributed by atoms with van der Waals surface area (Å²) < 4.78 is 22.1. The van der Waals surface area contributed by atoms with Crippen LogP contribution in [0.15, 0.2) is 82.0 Å². The third kappa shape index (κ3) is 7.17. The fourth-order valence-electron chi connectivity index (χ4n) is 3.85. The van der Waals surface area contributed by atoms with E-state index in [1.165, 1.54) is 18.2 Å². The Morgan fingerprint density at radius 1 is 1.00 bits per heavy atom. The van der Waals surface area contributed by atoms with E-state index in [9.17, 15) is 14.4 Å². The number of benzene rings is 3. The number of esters is 1. The minimum atomic E-state index is -0.766. The van der Waals surface area contributed by atoms with Gasteiger partial charge in [-0.1, -0.05) is 44.2 Å². The standard InChI is InChI=1S/C32H31NO7/c1-20(2)18-33-31(35)26-16-23-11-12-25(17-28(23)40-32(26)36)39-30(34)14-10-22-9-13-27(29(15-22)37-4)38-19-24-8-6-5-7-21(24)3/h5-17,20H,18-19H2,1-4H3,(H,33,35)/b14-10+. The third-order valence-corrected chi connectivity index (χ3v) is 6.09. The van der Waals surface area contributed by atoms with Gasteiger partial charge in [0.25, 0.3) is 5.91 Å². The molecule has 1 heterocycles. The van der Waals surface area contributed by atoms with Gasteiger partial charge >= 0.3 is 11.6 Å². The Bertz CT molecular complexity index is 1620. The Kier molecular flexibility index (Phi) is 9.01. The van der Waals surface area contributed by atoms with Crippen molar-refractivity contribution in [2.75, 3.05) is 13.7 Å². The van der Waals surface area contributed by atoms with Crippen molar-refractivity contribution in [3.8, 4) is 17.2 Å². The van der Waals surface area contributed by atoms with Crippen molar-refractivity contribution in [1.82, 2.24) is 5.32 Å². The average Bonchev–Trinajstić information content (AvgIpc) is 2.94. The highest BCUT2D eigenvalue weighted by Gasteiger charge is 2.15. The number of rotatable bonds is 10. The number of carbonyl (C=O) groups excluding carboxylic acids is 2. The molecule has 0 aliphatic rings. The van der Waals surface area contributed by atoms with Crippen molar-refractivity contribution in [2.24, 2.45) is 5.92 Å². The number of methoxy groups -OCH3 is 1. The molecule has 4 rings (SSSR count). The van der Waals surface area contributed by atoms with Crippen molar-refractivity contribution < 1.29 is 28.2 Å². The lowest BCUT2D eigenvalue weighted by atomic mass is 10.1. The van der Waals surface area contributed by atoms with Gasteiger partial charge in [0.05, 0.1) is 7.11 Å². The number of hydrogen-bond donors (Lipinski definition) is 1. The number of hydrogen-bond acceptors (Lipinski definition) is 7. The molecule has 0 atom stereocenters. The maximum atomic E-state index is 12.5. The quantitative estimate of drug-likeness (QED) is 0.119. The molecule has 0 aliphatic carbocycles. The van der Waals surface area contributed by atoms with E-state index in [-0.39, 0.29) is 22.8 Å². The summed E-state index contributed by atoms with van der Waals surface area (Å²) in [5.41, 5.74) is 2.29. The van der Waals surface area contributed by atoms with E-state index in [0.29, 0.717) is 35.6 Å². The number of carbonyl (C=O) groups is 2. The molecule has 40 heavy (non-hydrogen) atoms.